The summed E-state index contributed by atoms with van der Waals surface area (Å²) < 4.78 is 36.1. The Balaban J connectivity index is 1.42. The molecule has 0 unspecified atom stereocenters. The van der Waals surface area contributed by atoms with E-state index in [1.54, 1.807) is 43.8 Å². The average Bonchev–Trinajstić information content (AvgIpc) is 3.74. The van der Waals surface area contributed by atoms with E-state index in [2.05, 4.69) is 21.4 Å². The van der Waals surface area contributed by atoms with Gasteiger partial charge in [-0.15, -0.1) is 0 Å². The van der Waals surface area contributed by atoms with E-state index in [1.165, 1.54) is 10.2 Å². The number of fused-ring (bicyclic) bond motifs is 1. The molecule has 1 saturated heterocycles. The Bertz CT molecular complexity index is 1880. The molecule has 2 N–H and O–H groups in total. The molecule has 12 heteroatoms. The number of nitrogens with one attached hydrogen (secondary N) is 1. The maximum absolute atomic E-state index is 13.7. The molecule has 1 fully saturated rings. The van der Waals surface area contributed by atoms with Crippen molar-refractivity contribution in [3.63, 3.8) is 0 Å². The van der Waals surface area contributed by atoms with E-state index in [0.29, 0.717) is 29.2 Å². The minimum Gasteiger partial charge on any atom is -0.496 e. The summed E-state index contributed by atoms with van der Waals surface area (Å²) in [5.74, 6) is 2.03. The lowest BCUT2D eigenvalue weighted by atomic mass is 10.1. The molecular weight excluding hydrogens is 554 g/mol. The summed E-state index contributed by atoms with van der Waals surface area (Å²) in [7, 11) is -2.27. The number of anilines is 3. The van der Waals surface area contributed by atoms with Gasteiger partial charge in [0.25, 0.3) is 10.0 Å². The first-order valence-corrected chi connectivity index (χ1v) is 15.2. The topological polar surface area (TPSA) is 127 Å². The Morgan fingerprint density at radius 2 is 1.88 bits per heavy atom. The lowest BCUT2D eigenvalue weighted by molar-refractivity contribution is 0.266. The number of nitrogens with zero attached hydrogens (tertiary/aromatic N) is 6. The van der Waals surface area contributed by atoms with Crippen molar-refractivity contribution >= 4 is 38.6 Å². The van der Waals surface area contributed by atoms with Gasteiger partial charge in [-0.1, -0.05) is 17.7 Å². The van der Waals surface area contributed by atoms with Crippen LogP contribution in [0.4, 0.5) is 17.6 Å². The molecule has 1 atom stereocenters. The maximum Gasteiger partial charge on any atom is 0.268 e. The normalized spacial score (nSPS) is 15.5. The van der Waals surface area contributed by atoms with E-state index in [0.717, 1.165) is 41.0 Å². The Hall–Kier alpha value is -4.42. The Kier molecular flexibility index (Phi) is 7.11. The van der Waals surface area contributed by atoms with E-state index >= 15 is 0 Å². The van der Waals surface area contributed by atoms with Gasteiger partial charge < -0.3 is 24.6 Å². The zero-order valence-electron chi connectivity index (χ0n) is 23.9. The fourth-order valence-corrected chi connectivity index (χ4v) is 6.74. The van der Waals surface area contributed by atoms with E-state index in [-0.39, 0.29) is 23.5 Å². The number of hydrogen-bond acceptors (Lipinski definition) is 9. The van der Waals surface area contributed by atoms with Crippen LogP contribution in [0, 0.1) is 20.8 Å². The number of ether oxygens (including phenoxy) is 1. The zero-order chi connectivity index (χ0) is 29.6. The fourth-order valence-electron chi connectivity index (χ4n) is 5.40. The molecule has 0 saturated carbocycles. The molecule has 1 aliphatic heterocycles. The van der Waals surface area contributed by atoms with E-state index in [4.69, 9.17) is 9.72 Å². The van der Waals surface area contributed by atoms with Crippen molar-refractivity contribution in [3.8, 4) is 11.4 Å². The van der Waals surface area contributed by atoms with Gasteiger partial charge in [-0.3, -0.25) is 0 Å². The van der Waals surface area contributed by atoms with Crippen molar-refractivity contribution in [2.45, 2.75) is 44.6 Å². The van der Waals surface area contributed by atoms with Crippen molar-refractivity contribution < 1.29 is 18.3 Å². The highest BCUT2D eigenvalue weighted by Gasteiger charge is 2.31. The Morgan fingerprint density at radius 3 is 2.62 bits per heavy atom. The van der Waals surface area contributed by atoms with Crippen LogP contribution in [0.2, 0.25) is 0 Å². The quantitative estimate of drug-likeness (QED) is 0.270. The van der Waals surface area contributed by atoms with Crippen molar-refractivity contribution in [2.75, 3.05) is 30.5 Å². The number of imidazole rings is 1. The Morgan fingerprint density at radius 1 is 1.10 bits per heavy atom. The first-order valence-electron chi connectivity index (χ1n) is 13.7. The number of methoxy groups -OCH3 is 1. The van der Waals surface area contributed by atoms with Crippen molar-refractivity contribution in [1.29, 1.82) is 0 Å². The molecule has 3 aromatic heterocycles. The van der Waals surface area contributed by atoms with Crippen LogP contribution in [-0.2, 0) is 10.0 Å². The zero-order valence-corrected chi connectivity index (χ0v) is 24.8. The second kappa shape index (κ2) is 10.8. The maximum atomic E-state index is 13.7. The third-order valence-electron chi connectivity index (χ3n) is 7.86. The second-order valence-corrected chi connectivity index (χ2v) is 12.4. The molecule has 0 aliphatic carbocycles. The van der Waals surface area contributed by atoms with Gasteiger partial charge >= 0.3 is 0 Å². The standard InChI is InChI=1S/C30H33N7O4S/c1-19-7-9-24(10-8-19)42(39,40)37-13-11-25-28(37)29(36-12-5-6-22(36)17-38)34-30(32-25)33-27-16-35(18-31-27)23-14-20(2)21(3)26(15-23)41-4/h7-11,13-16,18,22,38H,5-6,12,17H2,1-4H3,(H,32,33,34)/t22-/m0/s1. The Labute approximate surface area is 244 Å². The molecule has 2 aromatic carbocycles. The number of aliphatic hydroxyl groups is 1. The summed E-state index contributed by atoms with van der Waals surface area (Å²) in [5.41, 5.74) is 4.87. The van der Waals surface area contributed by atoms with Gasteiger partial charge in [0, 0.05) is 18.8 Å². The summed E-state index contributed by atoms with van der Waals surface area (Å²) in [6.07, 6.45) is 6.66. The molecule has 0 spiro atoms. The molecular formula is C30H33N7O4S. The second-order valence-electron chi connectivity index (χ2n) is 10.6. The predicted octanol–water partition coefficient (Wildman–Crippen LogP) is 4.49. The van der Waals surface area contributed by atoms with Gasteiger partial charge in [0.15, 0.2) is 11.6 Å². The van der Waals surface area contributed by atoms with Crippen LogP contribution < -0.4 is 15.0 Å². The lowest BCUT2D eigenvalue weighted by Gasteiger charge is -2.25. The predicted molar refractivity (Wildman–Crippen MR) is 162 cm³/mol. The van der Waals surface area contributed by atoms with Crippen LogP contribution in [0.5, 0.6) is 5.75 Å². The van der Waals surface area contributed by atoms with E-state index in [9.17, 15) is 13.5 Å². The largest absolute Gasteiger partial charge is 0.496 e. The third kappa shape index (κ3) is 4.86. The monoisotopic (exact) mass is 587 g/mol. The summed E-state index contributed by atoms with van der Waals surface area (Å²) in [5, 5.41) is 13.3. The van der Waals surface area contributed by atoms with Gasteiger partial charge in [0.05, 0.1) is 42.1 Å². The highest BCUT2D eigenvalue weighted by molar-refractivity contribution is 7.90. The molecule has 11 nitrogen and oxygen atoms in total. The van der Waals surface area contributed by atoms with Crippen LogP contribution >= 0.6 is 0 Å². The number of aliphatic hydroxyl groups excluding tert-OH is 1. The van der Waals surface area contributed by atoms with E-state index in [1.807, 2.05) is 42.5 Å². The number of rotatable bonds is 8. The fraction of sp³-hybridized carbons (Fsp3) is 0.300. The number of benzene rings is 2. The molecule has 0 amide bonds. The van der Waals surface area contributed by atoms with Crippen molar-refractivity contribution in [1.82, 2.24) is 23.5 Å². The SMILES string of the molecule is COc1cc(-n2cnc(Nc3nc(N4CCC[C@H]4CO)c4c(ccn4S(=O)(=O)c4ccc(C)cc4)n3)c2)cc(C)c1C. The van der Waals surface area contributed by atoms with Crippen LogP contribution in [0.1, 0.15) is 29.5 Å². The smallest absolute Gasteiger partial charge is 0.268 e. The number of aryl methyl sites for hydroxylation is 2. The van der Waals surface area contributed by atoms with Crippen LogP contribution in [-0.4, -0.2) is 63.3 Å². The van der Waals surface area contributed by atoms with Gasteiger partial charge in [0.2, 0.25) is 5.95 Å². The van der Waals surface area contributed by atoms with Gasteiger partial charge in [-0.2, -0.15) is 4.98 Å². The molecule has 0 radical (unpaired) electrons. The summed E-state index contributed by atoms with van der Waals surface area (Å²) >= 11 is 0. The van der Waals surface area contributed by atoms with Gasteiger partial charge in [-0.05, 0) is 69.0 Å². The molecule has 6 rings (SSSR count). The van der Waals surface area contributed by atoms with Crippen molar-refractivity contribution in [2.24, 2.45) is 0 Å². The minimum absolute atomic E-state index is 0.0660. The van der Waals surface area contributed by atoms with Crippen LogP contribution in [0.15, 0.2) is 66.1 Å². The highest BCUT2D eigenvalue weighted by atomic mass is 32.2. The summed E-state index contributed by atoms with van der Waals surface area (Å²) in [4.78, 5) is 16.1. The first kappa shape index (κ1) is 27.7. The van der Waals surface area contributed by atoms with E-state index < -0.39 is 10.0 Å². The number of aromatic nitrogens is 5. The van der Waals surface area contributed by atoms with Crippen LogP contribution in [0.25, 0.3) is 16.7 Å². The molecule has 4 heterocycles. The molecule has 5 aromatic rings. The van der Waals surface area contributed by atoms with Gasteiger partial charge in [0.1, 0.15) is 17.6 Å². The molecule has 218 valence electrons. The molecule has 42 heavy (non-hydrogen) atoms. The van der Waals surface area contributed by atoms with Crippen molar-refractivity contribution in [3.05, 3.63) is 77.9 Å². The average molecular weight is 588 g/mol. The summed E-state index contributed by atoms with van der Waals surface area (Å²) in [6.45, 7) is 6.53. The van der Waals surface area contributed by atoms with Crippen LogP contribution in [0.3, 0.4) is 0 Å². The third-order valence-corrected chi connectivity index (χ3v) is 9.55. The number of hydrogen-bond donors (Lipinski definition) is 2. The highest BCUT2D eigenvalue weighted by Crippen LogP contribution is 2.34. The molecule has 1 aliphatic rings. The molecule has 0 bridgehead atoms. The first-order chi connectivity index (χ1) is 20.2. The summed E-state index contributed by atoms with van der Waals surface area (Å²) in [6, 6.07) is 12.2. The lowest BCUT2D eigenvalue weighted by Crippen LogP contribution is -2.33. The minimum atomic E-state index is -3.93. The van der Waals surface area contributed by atoms with Gasteiger partial charge in [-0.25, -0.2) is 22.4 Å².